The van der Waals surface area contributed by atoms with Gasteiger partial charge in [-0.05, 0) is 34.5 Å². The molecule has 1 aromatic carbocycles. The molecule has 0 unspecified atom stereocenters. The van der Waals surface area contributed by atoms with E-state index in [1.54, 1.807) is 0 Å². The van der Waals surface area contributed by atoms with E-state index in [9.17, 15) is 5.11 Å². The van der Waals surface area contributed by atoms with Gasteiger partial charge in [-0.3, -0.25) is 0 Å². The molecule has 0 radical (unpaired) electrons. The van der Waals surface area contributed by atoms with Crippen LogP contribution in [-0.4, -0.2) is 16.8 Å². The molecule has 0 amide bonds. The lowest BCUT2D eigenvalue weighted by Gasteiger charge is -2.13. The summed E-state index contributed by atoms with van der Waals surface area (Å²) in [5.41, 5.74) is 6.64. The number of aliphatic hydroxyl groups is 1. The Labute approximate surface area is 96.1 Å². The molecule has 4 N–H and O–H groups in total. The summed E-state index contributed by atoms with van der Waals surface area (Å²) >= 11 is 3.14. The van der Waals surface area contributed by atoms with E-state index in [1.165, 1.54) is 12.1 Å². The minimum atomic E-state index is -0.473. The number of nitriles is 1. The molecule has 0 aliphatic heterocycles. The standard InChI is InChI=1S/C10H11BrN2O2/c11-8-4-6(5-12)3-7(10(8)15)9(13)1-2-14/h3-4,9,14-15H,1-2,13H2/t9-/m0/s1. The number of phenols is 1. The summed E-state index contributed by atoms with van der Waals surface area (Å²) in [6.07, 6.45) is 0.342. The van der Waals surface area contributed by atoms with Crippen molar-refractivity contribution >= 4 is 15.9 Å². The number of hydrogen-bond donors (Lipinski definition) is 3. The molecule has 1 atom stereocenters. The van der Waals surface area contributed by atoms with E-state index in [0.717, 1.165) is 0 Å². The molecule has 1 rings (SSSR count). The molecule has 0 aromatic heterocycles. The second kappa shape index (κ2) is 5.12. The SMILES string of the molecule is N#Cc1cc(Br)c(O)c([C@@H](N)CCO)c1. The zero-order valence-electron chi connectivity index (χ0n) is 7.94. The van der Waals surface area contributed by atoms with Crippen molar-refractivity contribution in [3.05, 3.63) is 27.7 Å². The number of aliphatic hydroxyl groups excluding tert-OH is 1. The first-order chi connectivity index (χ1) is 7.10. The summed E-state index contributed by atoms with van der Waals surface area (Å²) < 4.78 is 0.435. The summed E-state index contributed by atoms with van der Waals surface area (Å²) in [6.45, 7) is -0.0605. The lowest BCUT2D eigenvalue weighted by molar-refractivity contribution is 0.275. The summed E-state index contributed by atoms with van der Waals surface area (Å²) in [6, 6.07) is 4.55. The first-order valence-electron chi connectivity index (χ1n) is 4.39. The van der Waals surface area contributed by atoms with Gasteiger partial charge >= 0.3 is 0 Å². The molecular formula is C10H11BrN2O2. The Balaban J connectivity index is 3.16. The Hall–Kier alpha value is -1.09. The van der Waals surface area contributed by atoms with Crippen molar-refractivity contribution in [2.24, 2.45) is 5.73 Å². The summed E-state index contributed by atoms with van der Waals surface area (Å²) in [5.74, 6) is 0.0231. The lowest BCUT2D eigenvalue weighted by atomic mass is 10.0. The van der Waals surface area contributed by atoms with Crippen molar-refractivity contribution in [1.82, 2.24) is 0 Å². The molecule has 0 spiro atoms. The summed E-state index contributed by atoms with van der Waals surface area (Å²) in [7, 11) is 0. The Morgan fingerprint density at radius 3 is 2.73 bits per heavy atom. The van der Waals surface area contributed by atoms with Gasteiger partial charge in [0, 0.05) is 18.2 Å². The predicted molar refractivity (Wildman–Crippen MR) is 59.2 cm³/mol. The van der Waals surface area contributed by atoms with Crippen LogP contribution < -0.4 is 5.73 Å². The molecule has 0 aliphatic carbocycles. The predicted octanol–water partition coefficient (Wildman–Crippen LogP) is 1.41. The van der Waals surface area contributed by atoms with Gasteiger partial charge in [0.2, 0.25) is 0 Å². The van der Waals surface area contributed by atoms with Crippen molar-refractivity contribution in [2.75, 3.05) is 6.61 Å². The van der Waals surface area contributed by atoms with Crippen LogP contribution in [0.15, 0.2) is 16.6 Å². The summed E-state index contributed by atoms with van der Waals surface area (Å²) in [4.78, 5) is 0. The topological polar surface area (TPSA) is 90.3 Å². The highest BCUT2D eigenvalue weighted by Crippen LogP contribution is 2.33. The molecule has 0 saturated heterocycles. The largest absolute Gasteiger partial charge is 0.506 e. The van der Waals surface area contributed by atoms with E-state index in [1.807, 2.05) is 6.07 Å². The van der Waals surface area contributed by atoms with E-state index in [4.69, 9.17) is 16.1 Å². The van der Waals surface area contributed by atoms with Crippen LogP contribution in [0.5, 0.6) is 5.75 Å². The number of hydrogen-bond acceptors (Lipinski definition) is 4. The number of nitrogens with zero attached hydrogens (tertiary/aromatic N) is 1. The molecule has 0 saturated carbocycles. The van der Waals surface area contributed by atoms with Gasteiger partial charge in [-0.1, -0.05) is 0 Å². The van der Waals surface area contributed by atoms with E-state index < -0.39 is 6.04 Å². The number of aromatic hydroxyl groups is 1. The molecule has 80 valence electrons. The van der Waals surface area contributed by atoms with Crippen LogP contribution in [0.25, 0.3) is 0 Å². The highest BCUT2D eigenvalue weighted by molar-refractivity contribution is 9.10. The van der Waals surface area contributed by atoms with E-state index in [2.05, 4.69) is 15.9 Å². The van der Waals surface area contributed by atoms with E-state index in [0.29, 0.717) is 22.0 Å². The molecule has 15 heavy (non-hydrogen) atoms. The fourth-order valence-corrected chi connectivity index (χ4v) is 1.74. The normalized spacial score (nSPS) is 12.1. The van der Waals surface area contributed by atoms with Gasteiger partial charge in [-0.25, -0.2) is 0 Å². The van der Waals surface area contributed by atoms with Gasteiger partial charge in [0.05, 0.1) is 16.1 Å². The van der Waals surface area contributed by atoms with Crippen molar-refractivity contribution in [2.45, 2.75) is 12.5 Å². The van der Waals surface area contributed by atoms with Gasteiger partial charge in [0.25, 0.3) is 0 Å². The Morgan fingerprint density at radius 2 is 2.20 bits per heavy atom. The maximum Gasteiger partial charge on any atom is 0.134 e. The van der Waals surface area contributed by atoms with Crippen LogP contribution in [0.2, 0.25) is 0 Å². The molecule has 5 heteroatoms. The first-order valence-corrected chi connectivity index (χ1v) is 5.18. The quantitative estimate of drug-likeness (QED) is 0.775. The van der Waals surface area contributed by atoms with Crippen molar-refractivity contribution in [3.63, 3.8) is 0 Å². The number of halogens is 1. The highest BCUT2D eigenvalue weighted by Gasteiger charge is 2.14. The number of rotatable bonds is 3. The number of nitrogens with two attached hydrogens (primary N) is 1. The maximum atomic E-state index is 9.70. The second-order valence-electron chi connectivity index (χ2n) is 3.13. The minimum absolute atomic E-state index is 0.0231. The van der Waals surface area contributed by atoms with Gasteiger partial charge in [-0.15, -0.1) is 0 Å². The molecule has 0 aliphatic rings. The first kappa shape index (κ1) is 12.0. The number of phenolic OH excluding ortho intramolecular Hbond substituents is 1. The van der Waals surface area contributed by atoms with Crippen LogP contribution in [0.4, 0.5) is 0 Å². The lowest BCUT2D eigenvalue weighted by Crippen LogP contribution is -2.12. The van der Waals surface area contributed by atoms with Crippen molar-refractivity contribution < 1.29 is 10.2 Å². The third-order valence-corrected chi connectivity index (χ3v) is 2.67. The van der Waals surface area contributed by atoms with Crippen molar-refractivity contribution in [3.8, 4) is 11.8 Å². The van der Waals surface area contributed by atoms with Crippen molar-refractivity contribution in [1.29, 1.82) is 5.26 Å². The van der Waals surface area contributed by atoms with Crippen LogP contribution in [-0.2, 0) is 0 Å². The minimum Gasteiger partial charge on any atom is -0.506 e. The molecule has 0 fully saturated rings. The number of benzene rings is 1. The average Bonchev–Trinajstić information content (AvgIpc) is 2.22. The average molecular weight is 271 g/mol. The molecular weight excluding hydrogens is 260 g/mol. The monoisotopic (exact) mass is 270 g/mol. The fourth-order valence-electron chi connectivity index (χ4n) is 1.26. The molecule has 0 heterocycles. The third kappa shape index (κ3) is 2.69. The summed E-state index contributed by atoms with van der Waals surface area (Å²) in [5, 5.41) is 27.2. The second-order valence-corrected chi connectivity index (χ2v) is 3.98. The zero-order chi connectivity index (χ0) is 11.4. The zero-order valence-corrected chi connectivity index (χ0v) is 9.53. The van der Waals surface area contributed by atoms with Crippen LogP contribution >= 0.6 is 15.9 Å². The highest BCUT2D eigenvalue weighted by atomic mass is 79.9. The van der Waals surface area contributed by atoms with E-state index >= 15 is 0 Å². The van der Waals surface area contributed by atoms with Crippen LogP contribution in [0, 0.1) is 11.3 Å². The van der Waals surface area contributed by atoms with Gasteiger partial charge in [-0.2, -0.15) is 5.26 Å². The Morgan fingerprint density at radius 1 is 1.53 bits per heavy atom. The van der Waals surface area contributed by atoms with Crippen LogP contribution in [0.1, 0.15) is 23.6 Å². The molecule has 0 bridgehead atoms. The van der Waals surface area contributed by atoms with Gasteiger partial charge in [0.15, 0.2) is 0 Å². The Bertz CT molecular complexity index is 401. The van der Waals surface area contributed by atoms with Gasteiger partial charge in [0.1, 0.15) is 5.75 Å². The third-order valence-electron chi connectivity index (χ3n) is 2.06. The van der Waals surface area contributed by atoms with E-state index in [-0.39, 0.29) is 12.4 Å². The molecule has 4 nitrogen and oxygen atoms in total. The Kier molecular flexibility index (Phi) is 4.09. The maximum absolute atomic E-state index is 9.70. The van der Waals surface area contributed by atoms with Crippen LogP contribution in [0.3, 0.4) is 0 Å². The fraction of sp³-hybridized carbons (Fsp3) is 0.300. The molecule has 1 aromatic rings. The smallest absolute Gasteiger partial charge is 0.134 e. The van der Waals surface area contributed by atoms with Gasteiger partial charge < -0.3 is 15.9 Å².